The molecule has 2 aliphatic rings. The summed E-state index contributed by atoms with van der Waals surface area (Å²) in [6.45, 7) is 3.50. The smallest absolute Gasteiger partial charge is 0.225 e. The van der Waals surface area contributed by atoms with Crippen LogP contribution in [0.5, 0.6) is 11.5 Å². The Morgan fingerprint density at radius 1 is 1.00 bits per heavy atom. The number of aliphatic hydroxyl groups excluding tert-OH is 4. The molecule has 0 spiro atoms. The number of hydrogen-bond acceptors (Lipinski definition) is 9. The van der Waals surface area contributed by atoms with Crippen LogP contribution in [0.15, 0.2) is 71.9 Å². The van der Waals surface area contributed by atoms with Crippen LogP contribution in [0.3, 0.4) is 0 Å². The fourth-order valence-corrected chi connectivity index (χ4v) is 5.20. The molecule has 0 aliphatic carbocycles. The molecule has 2 aliphatic heterocycles. The van der Waals surface area contributed by atoms with Crippen molar-refractivity contribution in [2.45, 2.75) is 50.0 Å². The highest BCUT2D eigenvalue weighted by atomic mass is 35.5. The molecule has 212 valence electrons. The number of fused-ring (bicyclic) bond motifs is 2. The lowest BCUT2D eigenvalue weighted by atomic mass is 9.83. The van der Waals surface area contributed by atoms with Crippen LogP contribution in [-0.2, 0) is 26.5 Å². The summed E-state index contributed by atoms with van der Waals surface area (Å²) >= 11 is 6.51. The number of halogens is 1. The first-order chi connectivity index (χ1) is 19.2. The lowest BCUT2D eigenvalue weighted by molar-refractivity contribution is -0.329. The average molecular weight is 570 g/mol. The van der Waals surface area contributed by atoms with E-state index >= 15 is 0 Å². The number of ether oxygens (including phenoxy) is 3. The van der Waals surface area contributed by atoms with Crippen LogP contribution in [0.4, 0.5) is 0 Å². The van der Waals surface area contributed by atoms with Gasteiger partial charge in [0.15, 0.2) is 0 Å². The van der Waals surface area contributed by atoms with E-state index in [9.17, 15) is 20.4 Å². The molecule has 0 aromatic heterocycles. The maximum atomic E-state index is 10.8. The van der Waals surface area contributed by atoms with Crippen LogP contribution >= 0.6 is 11.6 Å². The normalized spacial score (nSPS) is 28.0. The Labute approximate surface area is 237 Å². The molecule has 0 radical (unpaired) electrons. The SMILES string of the molecule is CCON=C(C)c1ccc(Oc2ccc(Cc3cc(C45OCC(CO)(O4)C(O)C(O)C5O)ccc3Cl)cc2)cc1. The summed E-state index contributed by atoms with van der Waals surface area (Å²) in [5.41, 5.74) is 2.31. The molecule has 2 fully saturated rings. The molecule has 0 amide bonds. The van der Waals surface area contributed by atoms with Crippen molar-refractivity contribution in [3.63, 3.8) is 0 Å². The van der Waals surface area contributed by atoms with Crippen LogP contribution in [0, 0.1) is 0 Å². The first-order valence-corrected chi connectivity index (χ1v) is 13.4. The summed E-state index contributed by atoms with van der Waals surface area (Å²) in [5, 5.41) is 46.1. The van der Waals surface area contributed by atoms with E-state index in [-0.39, 0.29) is 6.61 Å². The van der Waals surface area contributed by atoms with E-state index in [4.69, 9.17) is 30.6 Å². The van der Waals surface area contributed by atoms with Crippen molar-refractivity contribution in [1.82, 2.24) is 0 Å². The molecule has 40 heavy (non-hydrogen) atoms. The first-order valence-electron chi connectivity index (χ1n) is 13.0. The van der Waals surface area contributed by atoms with E-state index in [1.165, 1.54) is 0 Å². The summed E-state index contributed by atoms with van der Waals surface area (Å²) < 4.78 is 17.8. The van der Waals surface area contributed by atoms with Gasteiger partial charge in [0.25, 0.3) is 0 Å². The van der Waals surface area contributed by atoms with Crippen molar-refractivity contribution < 1.29 is 39.5 Å². The van der Waals surface area contributed by atoms with Gasteiger partial charge in [-0.2, -0.15) is 0 Å². The third-order valence-corrected chi connectivity index (χ3v) is 7.70. The van der Waals surface area contributed by atoms with E-state index < -0.39 is 36.3 Å². The second-order valence-corrected chi connectivity index (χ2v) is 10.4. The number of rotatable bonds is 9. The molecule has 0 saturated carbocycles. The van der Waals surface area contributed by atoms with E-state index in [1.807, 2.05) is 62.4 Å². The van der Waals surface area contributed by atoms with Gasteiger partial charge in [0.2, 0.25) is 5.79 Å². The molecule has 5 atom stereocenters. The van der Waals surface area contributed by atoms with E-state index in [2.05, 4.69) is 5.16 Å². The Bertz CT molecular complexity index is 1370. The number of oxime groups is 1. The predicted octanol–water partition coefficient (Wildman–Crippen LogP) is 3.51. The van der Waals surface area contributed by atoms with Crippen LogP contribution in [-0.4, -0.2) is 69.9 Å². The Morgan fingerprint density at radius 2 is 1.68 bits per heavy atom. The Hall–Kier alpha value is -3.02. The number of hydrogen-bond donors (Lipinski definition) is 4. The number of aliphatic hydroxyl groups is 4. The van der Waals surface area contributed by atoms with E-state index in [0.717, 1.165) is 22.4 Å². The van der Waals surface area contributed by atoms with Gasteiger partial charge < -0.3 is 39.5 Å². The largest absolute Gasteiger partial charge is 0.457 e. The maximum absolute atomic E-state index is 10.8. The van der Waals surface area contributed by atoms with Gasteiger partial charge in [0.1, 0.15) is 42.0 Å². The minimum Gasteiger partial charge on any atom is -0.457 e. The second-order valence-electron chi connectivity index (χ2n) is 10.0. The molecule has 2 bridgehead atoms. The second kappa shape index (κ2) is 11.5. The predicted molar refractivity (Wildman–Crippen MR) is 148 cm³/mol. The molecular weight excluding hydrogens is 538 g/mol. The molecule has 2 saturated heterocycles. The third kappa shape index (κ3) is 5.22. The van der Waals surface area contributed by atoms with Crippen molar-refractivity contribution in [2.24, 2.45) is 5.16 Å². The quantitative estimate of drug-likeness (QED) is 0.227. The highest BCUT2D eigenvalue weighted by Gasteiger charge is 2.67. The van der Waals surface area contributed by atoms with Gasteiger partial charge in [-0.1, -0.05) is 35.0 Å². The zero-order chi connectivity index (χ0) is 28.5. The minimum absolute atomic E-state index is 0.193. The van der Waals surface area contributed by atoms with E-state index in [1.54, 1.807) is 18.2 Å². The van der Waals surface area contributed by atoms with Gasteiger partial charge in [-0.15, -0.1) is 0 Å². The number of nitrogens with zero attached hydrogens (tertiary/aromatic N) is 1. The summed E-state index contributed by atoms with van der Waals surface area (Å²) in [7, 11) is 0. The zero-order valence-electron chi connectivity index (χ0n) is 22.2. The number of benzene rings is 3. The molecular formula is C30H32ClNO8. The highest BCUT2D eigenvalue weighted by molar-refractivity contribution is 6.31. The van der Waals surface area contributed by atoms with Crippen LogP contribution in [0.2, 0.25) is 5.02 Å². The summed E-state index contributed by atoms with van der Waals surface area (Å²) in [6.07, 6.45) is -4.20. The van der Waals surface area contributed by atoms with Gasteiger partial charge >= 0.3 is 0 Å². The molecule has 3 aromatic rings. The topological polar surface area (TPSA) is 130 Å². The maximum Gasteiger partial charge on any atom is 0.225 e. The van der Waals surface area contributed by atoms with Crippen molar-refractivity contribution in [3.05, 3.63) is 94.0 Å². The average Bonchev–Trinajstić information content (AvgIpc) is 3.36. The van der Waals surface area contributed by atoms with E-state index in [0.29, 0.717) is 35.1 Å². The third-order valence-electron chi connectivity index (χ3n) is 7.33. The Morgan fingerprint density at radius 3 is 2.33 bits per heavy atom. The zero-order valence-corrected chi connectivity index (χ0v) is 22.9. The summed E-state index contributed by atoms with van der Waals surface area (Å²) in [4.78, 5) is 5.10. The lowest BCUT2D eigenvalue weighted by Crippen LogP contribution is -2.65. The molecule has 3 aromatic carbocycles. The Balaban J connectivity index is 1.30. The monoisotopic (exact) mass is 569 g/mol. The minimum atomic E-state index is -1.75. The van der Waals surface area contributed by atoms with Crippen molar-refractivity contribution >= 4 is 17.3 Å². The fourth-order valence-electron chi connectivity index (χ4n) is 5.01. The summed E-state index contributed by atoms with van der Waals surface area (Å²) in [6, 6.07) is 20.2. The van der Waals surface area contributed by atoms with Gasteiger partial charge in [-0.25, -0.2) is 0 Å². The van der Waals surface area contributed by atoms with Crippen LogP contribution in [0.25, 0.3) is 0 Å². The fraction of sp³-hybridized carbons (Fsp3) is 0.367. The van der Waals surface area contributed by atoms with Gasteiger partial charge in [0, 0.05) is 10.6 Å². The Kier molecular flexibility index (Phi) is 8.17. The lowest BCUT2D eigenvalue weighted by Gasteiger charge is -2.46. The molecule has 5 unspecified atom stereocenters. The summed E-state index contributed by atoms with van der Waals surface area (Å²) in [5.74, 6) is -0.396. The van der Waals surface area contributed by atoms with Crippen molar-refractivity contribution in [3.8, 4) is 11.5 Å². The van der Waals surface area contributed by atoms with Gasteiger partial charge in [-0.3, -0.25) is 0 Å². The molecule has 2 heterocycles. The standard InChI is InChI=1S/C30H32ClNO8/c1-3-38-32-18(2)20-6-11-24(12-7-20)39-23-9-4-19(5-10-23)14-21-15-22(8-13-25(21)31)30-28(36)26(34)27(35)29(16-33,40-30)17-37-30/h4-13,15,26-28,33-36H,3,14,16-17H2,1-2H3. The molecule has 10 heteroatoms. The molecule has 4 N–H and O–H groups in total. The van der Waals surface area contributed by atoms with Crippen molar-refractivity contribution in [1.29, 1.82) is 0 Å². The highest BCUT2D eigenvalue weighted by Crippen LogP contribution is 2.49. The first kappa shape index (κ1) is 28.5. The van der Waals surface area contributed by atoms with Crippen molar-refractivity contribution in [2.75, 3.05) is 19.8 Å². The van der Waals surface area contributed by atoms with Gasteiger partial charge in [-0.05, 0) is 85.5 Å². The van der Waals surface area contributed by atoms with Gasteiger partial charge in [0.05, 0.1) is 18.9 Å². The van der Waals surface area contributed by atoms with Crippen LogP contribution in [0.1, 0.15) is 36.1 Å². The van der Waals surface area contributed by atoms with Crippen LogP contribution < -0.4 is 4.74 Å². The molecule has 5 rings (SSSR count). The molecule has 9 nitrogen and oxygen atoms in total.